The number of fused-ring (bicyclic) bond motifs is 3. The maximum Gasteiger partial charge on any atom is 0.292 e. The number of hydrogen-bond acceptors (Lipinski definition) is 9. The molecule has 2 aliphatic rings. The Bertz CT molecular complexity index is 1800. The number of carbonyl (C=O) groups excluding carboxylic acids is 2. The van der Waals surface area contributed by atoms with Crippen molar-refractivity contribution >= 4 is 23.2 Å². The number of rotatable bonds is 5. The molecular formula is C27H26FN11O2. The Morgan fingerprint density at radius 1 is 1.15 bits per heavy atom. The van der Waals surface area contributed by atoms with Gasteiger partial charge in [-0.05, 0) is 38.7 Å². The van der Waals surface area contributed by atoms with Crippen LogP contribution in [0.25, 0.3) is 28.2 Å². The summed E-state index contributed by atoms with van der Waals surface area (Å²) in [5.74, 6) is -0.447. The van der Waals surface area contributed by atoms with Gasteiger partial charge < -0.3 is 15.6 Å². The molecule has 0 radical (unpaired) electrons. The Labute approximate surface area is 232 Å². The quantitative estimate of drug-likeness (QED) is 0.310. The molecule has 5 aromatic rings. The summed E-state index contributed by atoms with van der Waals surface area (Å²) in [6.07, 6.45) is 8.95. The molecule has 0 saturated carbocycles. The van der Waals surface area contributed by atoms with Crippen molar-refractivity contribution in [3.8, 4) is 22.5 Å². The van der Waals surface area contributed by atoms with E-state index in [0.717, 1.165) is 12.8 Å². The van der Waals surface area contributed by atoms with Crippen molar-refractivity contribution in [3.63, 3.8) is 0 Å². The van der Waals surface area contributed by atoms with Crippen molar-refractivity contribution in [2.24, 2.45) is 7.05 Å². The molecule has 3 N–H and O–H groups in total. The Kier molecular flexibility index (Phi) is 5.66. The Balaban J connectivity index is 1.26. The number of nitrogens with zero attached hydrogens (tertiary/aromatic N) is 9. The van der Waals surface area contributed by atoms with Crippen LogP contribution >= 0.6 is 0 Å². The van der Waals surface area contributed by atoms with E-state index in [1.165, 1.54) is 28.6 Å². The average Bonchev–Trinajstić information content (AvgIpc) is 3.74. The number of aromatic nitrogens is 9. The van der Waals surface area contributed by atoms with Crippen molar-refractivity contribution in [2.75, 3.05) is 5.73 Å². The summed E-state index contributed by atoms with van der Waals surface area (Å²) in [6.45, 7) is 1.48. The highest BCUT2D eigenvalue weighted by Crippen LogP contribution is 2.45. The van der Waals surface area contributed by atoms with Gasteiger partial charge in [0.2, 0.25) is 5.82 Å². The lowest BCUT2D eigenvalue weighted by atomic mass is 9.85. The molecule has 2 saturated heterocycles. The molecule has 3 atom stereocenters. The van der Waals surface area contributed by atoms with E-state index in [9.17, 15) is 14.0 Å². The number of H-pyrrole nitrogens is 1. The predicted octanol–water partition coefficient (Wildman–Crippen LogP) is 2.78. The number of anilines is 1. The number of nitrogens with one attached hydrogen (secondary N) is 1. The molecular weight excluding hydrogens is 529 g/mol. The monoisotopic (exact) mass is 555 g/mol. The van der Waals surface area contributed by atoms with E-state index in [2.05, 4.69) is 30.4 Å². The fraction of sp³-hybridized carbons (Fsp3) is 0.333. The SMILES string of the molecule is CC(=O)c1c([C@H]2C[C@H]3CC[C@@H](C2)N3C(=O)c2nnc[nH]2)nc2c(-c3ccc(-c4nn(C)cc4F)nc3)cnn2c1N. The molecule has 0 spiro atoms. The van der Waals surface area contributed by atoms with Crippen LogP contribution in [0.1, 0.15) is 65.2 Å². The van der Waals surface area contributed by atoms with E-state index in [-0.39, 0.29) is 47.0 Å². The third-order valence-corrected chi connectivity index (χ3v) is 8.14. The number of Topliss-reactive ketones (excluding diaryl/α,β-unsaturated/α-hetero) is 1. The molecule has 2 fully saturated rings. The number of pyridine rings is 1. The van der Waals surface area contributed by atoms with Crippen LogP contribution < -0.4 is 5.73 Å². The topological polar surface area (TPSA) is 166 Å². The van der Waals surface area contributed by atoms with Crippen LogP contribution in [-0.4, -0.2) is 73.2 Å². The molecule has 41 heavy (non-hydrogen) atoms. The van der Waals surface area contributed by atoms with Crippen LogP contribution in [0.2, 0.25) is 0 Å². The summed E-state index contributed by atoms with van der Waals surface area (Å²) in [5.41, 5.74) is 9.96. The highest BCUT2D eigenvalue weighted by molar-refractivity contribution is 6.00. The molecule has 2 aliphatic heterocycles. The maximum absolute atomic E-state index is 14.2. The standard InChI is InChI=1S/C27H26FN11O2/c1-13(40)21-22(15-7-16-4-5-17(8-15)38(16)27(41)25-31-12-32-35-25)34-26-18(10-33-39(26)24(21)29)14-3-6-20(30-9-14)23-19(28)11-37(2)36-23/h3,6,9-12,15-17H,4-5,7-8,29H2,1-2H3,(H,31,32,35)/t15-,16+,17-. The van der Waals surface area contributed by atoms with Crippen molar-refractivity contribution in [3.05, 3.63) is 59.9 Å². The summed E-state index contributed by atoms with van der Waals surface area (Å²) < 4.78 is 17.1. The summed E-state index contributed by atoms with van der Waals surface area (Å²) in [7, 11) is 1.65. The zero-order chi connectivity index (χ0) is 28.4. The Hall–Kier alpha value is -5.01. The summed E-state index contributed by atoms with van der Waals surface area (Å²) in [5, 5.41) is 16.2. The van der Waals surface area contributed by atoms with Crippen molar-refractivity contribution in [2.45, 2.75) is 50.6 Å². The first-order valence-corrected chi connectivity index (χ1v) is 13.3. The van der Waals surface area contributed by atoms with E-state index in [1.54, 1.807) is 31.6 Å². The molecule has 14 heteroatoms. The summed E-state index contributed by atoms with van der Waals surface area (Å²) in [6, 6.07) is 3.47. The van der Waals surface area contributed by atoms with Crippen molar-refractivity contribution in [1.82, 2.24) is 49.4 Å². The van der Waals surface area contributed by atoms with Crippen LogP contribution in [0.5, 0.6) is 0 Å². The first kappa shape index (κ1) is 25.0. The van der Waals surface area contributed by atoms with E-state index in [4.69, 9.17) is 10.7 Å². The van der Waals surface area contributed by atoms with Crippen LogP contribution in [0.15, 0.2) is 37.1 Å². The second-order valence-electron chi connectivity index (χ2n) is 10.6. The number of hydrogen-bond donors (Lipinski definition) is 2. The second kappa shape index (κ2) is 9.28. The fourth-order valence-corrected chi connectivity index (χ4v) is 6.38. The van der Waals surface area contributed by atoms with Crippen LogP contribution in [0, 0.1) is 5.82 Å². The van der Waals surface area contributed by atoms with Crippen LogP contribution in [-0.2, 0) is 7.05 Å². The van der Waals surface area contributed by atoms with Gasteiger partial charge in [0.1, 0.15) is 17.8 Å². The lowest BCUT2D eigenvalue weighted by Crippen LogP contribution is -2.46. The van der Waals surface area contributed by atoms with Gasteiger partial charge in [-0.2, -0.15) is 14.7 Å². The fourth-order valence-electron chi connectivity index (χ4n) is 6.38. The molecule has 0 aromatic carbocycles. The van der Waals surface area contributed by atoms with Gasteiger partial charge in [0.25, 0.3) is 5.91 Å². The number of nitrogens with two attached hydrogens (primary N) is 1. The minimum Gasteiger partial charge on any atom is -0.383 e. The van der Waals surface area contributed by atoms with E-state index < -0.39 is 5.82 Å². The third-order valence-electron chi connectivity index (χ3n) is 8.14. The van der Waals surface area contributed by atoms with Crippen molar-refractivity contribution in [1.29, 1.82) is 0 Å². The smallest absolute Gasteiger partial charge is 0.292 e. The number of ketones is 1. The molecule has 0 aliphatic carbocycles. The van der Waals surface area contributed by atoms with Gasteiger partial charge in [-0.1, -0.05) is 6.07 Å². The van der Waals surface area contributed by atoms with Gasteiger partial charge in [-0.3, -0.25) is 19.3 Å². The van der Waals surface area contributed by atoms with Crippen molar-refractivity contribution < 1.29 is 14.0 Å². The first-order valence-electron chi connectivity index (χ1n) is 13.3. The highest BCUT2D eigenvalue weighted by atomic mass is 19.1. The lowest BCUT2D eigenvalue weighted by Gasteiger charge is -2.38. The van der Waals surface area contributed by atoms with Gasteiger partial charge >= 0.3 is 0 Å². The zero-order valence-corrected chi connectivity index (χ0v) is 22.3. The normalized spacial score (nSPS) is 20.2. The molecule has 13 nitrogen and oxygen atoms in total. The number of amides is 1. The largest absolute Gasteiger partial charge is 0.383 e. The van der Waals surface area contributed by atoms with Gasteiger partial charge in [0.15, 0.2) is 17.2 Å². The Morgan fingerprint density at radius 3 is 2.54 bits per heavy atom. The van der Waals surface area contributed by atoms with E-state index >= 15 is 0 Å². The van der Waals surface area contributed by atoms with Crippen LogP contribution in [0.3, 0.4) is 0 Å². The minimum atomic E-state index is -0.456. The average molecular weight is 556 g/mol. The number of aromatic amines is 1. The third kappa shape index (κ3) is 3.97. The molecule has 5 aromatic heterocycles. The first-order chi connectivity index (χ1) is 19.8. The number of aryl methyl sites for hydroxylation is 1. The lowest BCUT2D eigenvalue weighted by molar-refractivity contribution is 0.0556. The van der Waals surface area contributed by atoms with Gasteiger partial charge in [-0.25, -0.2) is 9.37 Å². The molecule has 7 rings (SSSR count). The molecule has 2 bridgehead atoms. The van der Waals surface area contributed by atoms with Crippen LogP contribution in [0.4, 0.5) is 10.2 Å². The van der Waals surface area contributed by atoms with Gasteiger partial charge in [-0.15, -0.1) is 10.2 Å². The van der Waals surface area contributed by atoms with E-state index in [0.29, 0.717) is 46.6 Å². The maximum atomic E-state index is 14.2. The summed E-state index contributed by atoms with van der Waals surface area (Å²) in [4.78, 5) is 40.1. The predicted molar refractivity (Wildman–Crippen MR) is 144 cm³/mol. The number of piperidine rings is 1. The molecule has 1 amide bonds. The Morgan fingerprint density at radius 2 is 1.93 bits per heavy atom. The van der Waals surface area contributed by atoms with Gasteiger partial charge in [0, 0.05) is 42.4 Å². The highest BCUT2D eigenvalue weighted by Gasteiger charge is 2.45. The molecule has 208 valence electrons. The second-order valence-corrected chi connectivity index (χ2v) is 10.6. The zero-order valence-electron chi connectivity index (χ0n) is 22.3. The number of carbonyl (C=O) groups is 2. The van der Waals surface area contributed by atoms with E-state index in [1.807, 2.05) is 4.90 Å². The minimum absolute atomic E-state index is 0.0106. The number of nitrogen functional groups attached to an aromatic ring is 1. The molecule has 0 unspecified atom stereocenters. The molecule has 7 heterocycles. The van der Waals surface area contributed by atoms with Gasteiger partial charge in [0.05, 0.1) is 29.3 Å². The number of halogens is 1. The summed E-state index contributed by atoms with van der Waals surface area (Å²) >= 11 is 0.